The molecule has 1 spiro atoms. The number of carbonyl (C=O) groups excluding carboxylic acids is 3. The maximum Gasteiger partial charge on any atom is 0.274 e. The standard InChI is InChI=1S/C24H29N5O5/c1-14-2-4-15(5-3-14)20(28-21(30)17-6-9-34-29-17)22(31)27-19-12-18-16(13-25-19)24(23(32)26-18)7-10-33-11-8-24/h6,9,12-15,20H,2-5,7-8,10-11H2,1H3,(H,26,32)(H,28,30)(H,25,27,31)/t14?,15?,20-/m0/s1. The van der Waals surface area contributed by atoms with Gasteiger partial charge in [-0.15, -0.1) is 0 Å². The van der Waals surface area contributed by atoms with Gasteiger partial charge in [0.2, 0.25) is 11.8 Å². The number of hydrogen-bond donors (Lipinski definition) is 3. The number of hydrogen-bond acceptors (Lipinski definition) is 7. The summed E-state index contributed by atoms with van der Waals surface area (Å²) in [6, 6.07) is 2.42. The highest BCUT2D eigenvalue weighted by molar-refractivity contribution is 6.07. The number of nitrogens with one attached hydrogen (secondary N) is 3. The number of ether oxygens (including phenoxy) is 1. The van der Waals surface area contributed by atoms with Gasteiger partial charge in [-0.25, -0.2) is 4.98 Å². The Morgan fingerprint density at radius 2 is 1.97 bits per heavy atom. The van der Waals surface area contributed by atoms with Crippen molar-refractivity contribution in [2.75, 3.05) is 23.8 Å². The second-order valence-electron chi connectivity index (χ2n) is 9.61. The zero-order valence-electron chi connectivity index (χ0n) is 19.1. The predicted octanol–water partition coefficient (Wildman–Crippen LogP) is 2.63. The lowest BCUT2D eigenvalue weighted by Gasteiger charge is -2.32. The van der Waals surface area contributed by atoms with Crippen LogP contribution in [0.3, 0.4) is 0 Å². The lowest BCUT2D eigenvalue weighted by Crippen LogP contribution is -2.49. The van der Waals surface area contributed by atoms with Gasteiger partial charge in [0, 0.05) is 37.1 Å². The van der Waals surface area contributed by atoms with Gasteiger partial charge in [0.1, 0.15) is 18.1 Å². The highest BCUT2D eigenvalue weighted by Gasteiger charge is 2.48. The highest BCUT2D eigenvalue weighted by Crippen LogP contribution is 2.44. The van der Waals surface area contributed by atoms with E-state index in [0.717, 1.165) is 31.2 Å². The lowest BCUT2D eigenvalue weighted by atomic mass is 9.76. The van der Waals surface area contributed by atoms with Crippen LogP contribution in [-0.4, -0.2) is 47.1 Å². The van der Waals surface area contributed by atoms with Crippen LogP contribution in [0.2, 0.25) is 0 Å². The minimum atomic E-state index is -0.733. The molecule has 2 aromatic heterocycles. The Hall–Kier alpha value is -3.27. The van der Waals surface area contributed by atoms with E-state index in [1.165, 1.54) is 12.3 Å². The van der Waals surface area contributed by atoms with Crippen molar-refractivity contribution in [1.29, 1.82) is 0 Å². The quantitative estimate of drug-likeness (QED) is 0.615. The summed E-state index contributed by atoms with van der Waals surface area (Å²) >= 11 is 0. The molecule has 3 N–H and O–H groups in total. The van der Waals surface area contributed by atoms with Crippen molar-refractivity contribution in [3.63, 3.8) is 0 Å². The van der Waals surface area contributed by atoms with Crippen LogP contribution in [0.4, 0.5) is 11.5 Å². The molecule has 1 saturated carbocycles. The van der Waals surface area contributed by atoms with E-state index in [9.17, 15) is 14.4 Å². The van der Waals surface area contributed by atoms with E-state index in [1.54, 1.807) is 12.3 Å². The molecule has 0 bridgehead atoms. The Labute approximate surface area is 197 Å². The first-order valence-corrected chi connectivity index (χ1v) is 11.9. The average molecular weight is 468 g/mol. The molecule has 5 rings (SSSR count). The summed E-state index contributed by atoms with van der Waals surface area (Å²) in [5.74, 6) is 0.0951. The van der Waals surface area contributed by atoms with Crippen LogP contribution in [0.5, 0.6) is 0 Å². The van der Waals surface area contributed by atoms with E-state index in [1.807, 2.05) is 0 Å². The number of fused-ring (bicyclic) bond motifs is 2. The summed E-state index contributed by atoms with van der Waals surface area (Å²) in [7, 11) is 0. The molecule has 0 aromatic carbocycles. The zero-order chi connectivity index (χ0) is 23.7. The minimum Gasteiger partial charge on any atom is -0.381 e. The normalized spacial score (nSPS) is 24.2. The van der Waals surface area contributed by atoms with Gasteiger partial charge in [-0.3, -0.25) is 14.4 Å². The maximum atomic E-state index is 13.3. The number of aromatic nitrogens is 2. The summed E-state index contributed by atoms with van der Waals surface area (Å²) < 4.78 is 10.2. The molecule has 1 saturated heterocycles. The SMILES string of the molecule is CC1CCC([C@H](NC(=O)c2ccon2)C(=O)Nc2cc3c(cn2)C2(CCOCC2)C(=O)N3)CC1. The van der Waals surface area contributed by atoms with Crippen molar-refractivity contribution in [3.05, 3.63) is 35.9 Å². The fourth-order valence-electron chi connectivity index (χ4n) is 5.35. The van der Waals surface area contributed by atoms with E-state index in [2.05, 4.69) is 33.0 Å². The van der Waals surface area contributed by atoms with Crippen molar-refractivity contribution in [2.24, 2.45) is 11.8 Å². The van der Waals surface area contributed by atoms with Crippen LogP contribution in [0.25, 0.3) is 0 Å². The van der Waals surface area contributed by atoms with Crippen LogP contribution in [0, 0.1) is 11.8 Å². The number of anilines is 2. The van der Waals surface area contributed by atoms with Gasteiger partial charge in [-0.2, -0.15) is 0 Å². The lowest BCUT2D eigenvalue weighted by molar-refractivity contribution is -0.124. The number of rotatable bonds is 5. The molecule has 2 aromatic rings. The van der Waals surface area contributed by atoms with Crippen LogP contribution in [-0.2, 0) is 19.7 Å². The third-order valence-corrected chi connectivity index (χ3v) is 7.47. The van der Waals surface area contributed by atoms with Gasteiger partial charge in [-0.05, 0) is 37.5 Å². The number of amides is 3. The fraction of sp³-hybridized carbons (Fsp3) is 0.542. The Kier molecular flexibility index (Phi) is 6.07. The fourth-order valence-corrected chi connectivity index (χ4v) is 5.35. The van der Waals surface area contributed by atoms with E-state index in [-0.39, 0.29) is 23.4 Å². The summed E-state index contributed by atoms with van der Waals surface area (Å²) in [4.78, 5) is 43.2. The second-order valence-corrected chi connectivity index (χ2v) is 9.61. The third-order valence-electron chi connectivity index (χ3n) is 7.47. The second kappa shape index (κ2) is 9.17. The topological polar surface area (TPSA) is 135 Å². The summed E-state index contributed by atoms with van der Waals surface area (Å²) in [6.45, 7) is 3.25. The Morgan fingerprint density at radius 1 is 1.21 bits per heavy atom. The highest BCUT2D eigenvalue weighted by atomic mass is 16.5. The molecule has 180 valence electrons. The first-order valence-electron chi connectivity index (χ1n) is 11.9. The zero-order valence-corrected chi connectivity index (χ0v) is 19.1. The first-order chi connectivity index (χ1) is 16.5. The summed E-state index contributed by atoms with van der Waals surface area (Å²) in [5, 5.41) is 12.3. The molecule has 10 nitrogen and oxygen atoms in total. The van der Waals surface area contributed by atoms with E-state index in [0.29, 0.717) is 43.5 Å². The van der Waals surface area contributed by atoms with Crippen LogP contribution < -0.4 is 16.0 Å². The molecule has 1 aliphatic carbocycles. The number of carbonyl (C=O) groups is 3. The minimum absolute atomic E-state index is 0.00619. The molecule has 2 fully saturated rings. The molecular formula is C24H29N5O5. The Bertz CT molecular complexity index is 1070. The number of nitrogens with zero attached hydrogens (tertiary/aromatic N) is 2. The predicted molar refractivity (Wildman–Crippen MR) is 122 cm³/mol. The van der Waals surface area contributed by atoms with Crippen LogP contribution in [0.15, 0.2) is 29.1 Å². The average Bonchev–Trinajstić information content (AvgIpc) is 3.46. The maximum absolute atomic E-state index is 13.3. The van der Waals surface area contributed by atoms with Crippen LogP contribution >= 0.6 is 0 Å². The summed E-state index contributed by atoms with van der Waals surface area (Å²) in [6.07, 6.45) is 7.89. The van der Waals surface area contributed by atoms with Gasteiger partial charge in [0.25, 0.3) is 5.91 Å². The third kappa shape index (κ3) is 4.18. The molecule has 4 heterocycles. The van der Waals surface area contributed by atoms with Gasteiger partial charge in [0.05, 0.1) is 11.1 Å². The molecule has 2 aliphatic heterocycles. The van der Waals surface area contributed by atoms with Crippen molar-refractivity contribution >= 4 is 29.2 Å². The van der Waals surface area contributed by atoms with Gasteiger partial charge >= 0.3 is 0 Å². The Balaban J connectivity index is 1.34. The monoisotopic (exact) mass is 467 g/mol. The molecule has 0 unspecified atom stereocenters. The smallest absolute Gasteiger partial charge is 0.274 e. The first kappa shape index (κ1) is 22.5. The van der Waals surface area contributed by atoms with E-state index >= 15 is 0 Å². The van der Waals surface area contributed by atoms with Crippen LogP contribution in [0.1, 0.15) is 61.5 Å². The molecule has 3 aliphatic rings. The molecule has 34 heavy (non-hydrogen) atoms. The van der Waals surface area contributed by atoms with Crippen molar-refractivity contribution in [3.8, 4) is 0 Å². The molecular weight excluding hydrogens is 438 g/mol. The van der Waals surface area contributed by atoms with E-state index in [4.69, 9.17) is 9.26 Å². The molecule has 1 atom stereocenters. The molecule has 10 heteroatoms. The Morgan fingerprint density at radius 3 is 2.68 bits per heavy atom. The van der Waals surface area contributed by atoms with Crippen molar-refractivity contribution < 1.29 is 23.6 Å². The van der Waals surface area contributed by atoms with Gasteiger partial charge in [-0.1, -0.05) is 24.9 Å². The van der Waals surface area contributed by atoms with Gasteiger partial charge in [0.15, 0.2) is 5.69 Å². The molecule has 3 amide bonds. The van der Waals surface area contributed by atoms with E-state index < -0.39 is 17.4 Å². The van der Waals surface area contributed by atoms with Crippen molar-refractivity contribution in [1.82, 2.24) is 15.5 Å². The summed E-state index contributed by atoms with van der Waals surface area (Å²) in [5.41, 5.74) is 1.01. The largest absolute Gasteiger partial charge is 0.381 e. The number of pyridine rings is 1. The van der Waals surface area contributed by atoms with Gasteiger partial charge < -0.3 is 25.2 Å². The van der Waals surface area contributed by atoms with Crippen molar-refractivity contribution in [2.45, 2.75) is 56.9 Å². The molecule has 0 radical (unpaired) electrons.